The number of fused-ring (bicyclic) bond motifs is 1. The SMILES string of the molecule is C[C@]1(/C=N\OCc2ccno2)[C@H](C(=O)O)N2C(=O)C[C@H]2S1(=O)=O. The Balaban J connectivity index is 1.84. The molecular formula is C12H13N3O7S. The largest absolute Gasteiger partial charge is 0.480 e. The first kappa shape index (κ1) is 15.5. The zero-order valence-electron chi connectivity index (χ0n) is 11.9. The van der Waals surface area contributed by atoms with Crippen LogP contribution in [0.3, 0.4) is 0 Å². The minimum absolute atomic E-state index is 0.0869. The van der Waals surface area contributed by atoms with Crippen molar-refractivity contribution in [2.45, 2.75) is 36.1 Å². The van der Waals surface area contributed by atoms with Crippen LogP contribution in [0.25, 0.3) is 0 Å². The summed E-state index contributed by atoms with van der Waals surface area (Å²) in [6.45, 7) is 1.13. The summed E-state index contributed by atoms with van der Waals surface area (Å²) in [4.78, 5) is 28.9. The van der Waals surface area contributed by atoms with Crippen LogP contribution in [0, 0.1) is 0 Å². The first-order chi connectivity index (χ1) is 10.8. The summed E-state index contributed by atoms with van der Waals surface area (Å²) in [6.07, 6.45) is 2.11. The Morgan fingerprint density at radius 3 is 3.00 bits per heavy atom. The summed E-state index contributed by atoms with van der Waals surface area (Å²) in [5, 5.41) is 15.2. The predicted octanol–water partition coefficient (Wildman–Crippen LogP) is -0.624. The molecule has 1 N–H and O–H groups in total. The Bertz CT molecular complexity index is 773. The van der Waals surface area contributed by atoms with Crippen molar-refractivity contribution >= 4 is 27.9 Å². The molecule has 3 heterocycles. The first-order valence-corrected chi connectivity index (χ1v) is 8.17. The number of hydrogen-bond donors (Lipinski definition) is 1. The summed E-state index contributed by atoms with van der Waals surface area (Å²) in [7, 11) is -3.93. The van der Waals surface area contributed by atoms with Gasteiger partial charge >= 0.3 is 5.97 Å². The molecule has 0 radical (unpaired) electrons. The Hall–Kier alpha value is -2.43. The molecule has 0 aliphatic carbocycles. The van der Waals surface area contributed by atoms with Crippen LogP contribution in [0.2, 0.25) is 0 Å². The van der Waals surface area contributed by atoms with E-state index in [0.717, 1.165) is 11.1 Å². The van der Waals surface area contributed by atoms with Gasteiger partial charge in [0.25, 0.3) is 0 Å². The molecule has 2 aliphatic rings. The van der Waals surface area contributed by atoms with Crippen molar-refractivity contribution in [1.29, 1.82) is 0 Å². The van der Waals surface area contributed by atoms with Gasteiger partial charge in [0.05, 0.1) is 18.8 Å². The Morgan fingerprint density at radius 2 is 2.43 bits per heavy atom. The number of rotatable bonds is 5. The third-order valence-electron chi connectivity index (χ3n) is 4.06. The number of aliphatic carboxylic acids is 1. The van der Waals surface area contributed by atoms with E-state index in [9.17, 15) is 23.1 Å². The maximum atomic E-state index is 12.5. The number of carboxylic acid groups (broad SMARTS) is 1. The minimum Gasteiger partial charge on any atom is -0.480 e. The van der Waals surface area contributed by atoms with E-state index in [2.05, 4.69) is 10.3 Å². The molecule has 2 saturated heterocycles. The number of β-lactam (4-membered cyclic amide) rings is 1. The fourth-order valence-electron chi connectivity index (χ4n) is 2.76. The number of sulfone groups is 1. The van der Waals surface area contributed by atoms with Crippen molar-refractivity contribution in [3.63, 3.8) is 0 Å². The summed E-state index contributed by atoms with van der Waals surface area (Å²) < 4.78 is 28.0. The zero-order valence-corrected chi connectivity index (χ0v) is 12.8. The lowest BCUT2D eigenvalue weighted by Gasteiger charge is -2.35. The fraction of sp³-hybridized carbons (Fsp3) is 0.500. The van der Waals surface area contributed by atoms with Gasteiger partial charge in [0.15, 0.2) is 28.2 Å². The minimum atomic E-state index is -3.93. The van der Waals surface area contributed by atoms with Crippen molar-refractivity contribution in [2.24, 2.45) is 5.16 Å². The van der Waals surface area contributed by atoms with Crippen molar-refractivity contribution in [2.75, 3.05) is 0 Å². The molecule has 11 heteroatoms. The van der Waals surface area contributed by atoms with Gasteiger partial charge in [0.1, 0.15) is 10.1 Å². The monoisotopic (exact) mass is 343 g/mol. The predicted molar refractivity (Wildman–Crippen MR) is 73.8 cm³/mol. The molecule has 0 aromatic carbocycles. The van der Waals surface area contributed by atoms with E-state index in [1.165, 1.54) is 19.2 Å². The van der Waals surface area contributed by atoms with Crippen LogP contribution in [0.15, 0.2) is 21.9 Å². The van der Waals surface area contributed by atoms with E-state index in [-0.39, 0.29) is 13.0 Å². The topological polar surface area (TPSA) is 139 Å². The van der Waals surface area contributed by atoms with Crippen LogP contribution < -0.4 is 0 Å². The molecule has 1 aromatic heterocycles. The molecule has 1 amide bonds. The highest BCUT2D eigenvalue weighted by molar-refractivity contribution is 7.94. The van der Waals surface area contributed by atoms with Crippen molar-refractivity contribution in [1.82, 2.24) is 10.1 Å². The highest BCUT2D eigenvalue weighted by Gasteiger charge is 2.69. The van der Waals surface area contributed by atoms with E-state index in [1.54, 1.807) is 0 Å². The van der Waals surface area contributed by atoms with Crippen LogP contribution in [0.4, 0.5) is 0 Å². The Morgan fingerprint density at radius 1 is 1.70 bits per heavy atom. The number of aromatic nitrogens is 1. The average molecular weight is 343 g/mol. The lowest BCUT2D eigenvalue weighted by Crippen LogP contribution is -2.57. The van der Waals surface area contributed by atoms with Crippen LogP contribution in [-0.2, 0) is 30.9 Å². The molecule has 0 bridgehead atoms. The van der Waals surface area contributed by atoms with Gasteiger partial charge in [-0.1, -0.05) is 10.3 Å². The second-order valence-electron chi connectivity index (χ2n) is 5.42. The number of oxime groups is 1. The van der Waals surface area contributed by atoms with Gasteiger partial charge in [-0.2, -0.15) is 0 Å². The van der Waals surface area contributed by atoms with Gasteiger partial charge in [-0.15, -0.1) is 0 Å². The van der Waals surface area contributed by atoms with Gasteiger partial charge in [0, 0.05) is 6.07 Å². The van der Waals surface area contributed by atoms with E-state index in [1.807, 2.05) is 0 Å². The van der Waals surface area contributed by atoms with Crippen molar-refractivity contribution in [3.05, 3.63) is 18.0 Å². The normalized spacial score (nSPS) is 31.9. The second-order valence-corrected chi connectivity index (χ2v) is 7.93. The molecule has 0 saturated carbocycles. The standard InChI is InChI=1S/C12H13N3O7S/c1-12(6-14-21-5-7-2-3-13-22-7)10(11(17)18)15-8(16)4-9(15)23(12,19)20/h2-3,6,9-10H,4-5H2,1H3,(H,17,18)/b14-6-/t9-,10+,12+/m1/s1. The molecule has 2 fully saturated rings. The van der Waals surface area contributed by atoms with Gasteiger partial charge in [-0.05, 0) is 6.92 Å². The molecule has 124 valence electrons. The van der Waals surface area contributed by atoms with Crippen molar-refractivity contribution in [3.8, 4) is 0 Å². The van der Waals surface area contributed by atoms with E-state index in [0.29, 0.717) is 5.76 Å². The average Bonchev–Trinajstić information content (AvgIpc) is 3.02. The van der Waals surface area contributed by atoms with Crippen LogP contribution in [0.5, 0.6) is 0 Å². The molecular weight excluding hydrogens is 330 g/mol. The van der Waals surface area contributed by atoms with E-state index >= 15 is 0 Å². The lowest BCUT2D eigenvalue weighted by atomic mass is 9.98. The molecule has 3 atom stereocenters. The number of carbonyl (C=O) groups is 2. The first-order valence-electron chi connectivity index (χ1n) is 6.62. The van der Waals surface area contributed by atoms with E-state index in [4.69, 9.17) is 9.36 Å². The third-order valence-corrected chi connectivity index (χ3v) is 6.72. The lowest BCUT2D eigenvalue weighted by molar-refractivity contribution is -0.156. The van der Waals surface area contributed by atoms with Crippen molar-refractivity contribution < 1.29 is 32.5 Å². The summed E-state index contributed by atoms with van der Waals surface area (Å²) in [6, 6.07) is 0.00478. The highest BCUT2D eigenvalue weighted by atomic mass is 32.2. The quantitative estimate of drug-likeness (QED) is 0.424. The Kier molecular flexibility index (Phi) is 3.39. The zero-order chi connectivity index (χ0) is 16.8. The van der Waals surface area contributed by atoms with Gasteiger partial charge in [-0.3, -0.25) is 4.79 Å². The number of nitrogens with zero attached hydrogens (tertiary/aromatic N) is 3. The number of carbonyl (C=O) groups excluding carboxylic acids is 1. The second kappa shape index (κ2) is 5.05. The highest BCUT2D eigenvalue weighted by Crippen LogP contribution is 2.45. The molecule has 2 aliphatic heterocycles. The fourth-order valence-corrected chi connectivity index (χ4v) is 4.97. The van der Waals surface area contributed by atoms with Gasteiger partial charge in [0.2, 0.25) is 5.91 Å². The smallest absolute Gasteiger partial charge is 0.328 e. The van der Waals surface area contributed by atoms with E-state index < -0.39 is 37.9 Å². The summed E-state index contributed by atoms with van der Waals surface area (Å²) in [5.74, 6) is -1.55. The molecule has 0 unspecified atom stereocenters. The van der Waals surface area contributed by atoms with Crippen LogP contribution in [0.1, 0.15) is 19.1 Å². The maximum absolute atomic E-state index is 12.5. The summed E-state index contributed by atoms with van der Waals surface area (Å²) >= 11 is 0. The number of carboxylic acids is 1. The van der Waals surface area contributed by atoms with Crippen LogP contribution in [-0.4, -0.2) is 57.8 Å². The molecule has 0 spiro atoms. The molecule has 23 heavy (non-hydrogen) atoms. The van der Waals surface area contributed by atoms with Gasteiger partial charge < -0.3 is 19.4 Å². The molecule has 10 nitrogen and oxygen atoms in total. The third kappa shape index (κ3) is 2.11. The summed E-state index contributed by atoms with van der Waals surface area (Å²) in [5.41, 5.74) is 0. The molecule has 3 rings (SSSR count). The van der Waals surface area contributed by atoms with Crippen LogP contribution >= 0.6 is 0 Å². The van der Waals surface area contributed by atoms with Gasteiger partial charge in [-0.25, -0.2) is 13.2 Å². The maximum Gasteiger partial charge on any atom is 0.328 e. The number of amides is 1. The Labute approximate surface area is 130 Å². The molecule has 1 aromatic rings. The number of hydrogen-bond acceptors (Lipinski definition) is 8.